The number of nitrogens with one attached hydrogen (secondary N) is 1. The smallest absolute Gasteiger partial charge is 0.251 e. The molecule has 1 amide bonds. The number of unbranched alkanes of at least 4 members (excludes halogenated alkanes) is 1. The lowest BCUT2D eigenvalue weighted by atomic mass is 10.1. The van der Waals surface area contributed by atoms with Gasteiger partial charge >= 0.3 is 0 Å². The molecular formula is C13H17BrClNO. The van der Waals surface area contributed by atoms with Gasteiger partial charge in [0.1, 0.15) is 0 Å². The van der Waals surface area contributed by atoms with Crippen molar-refractivity contribution in [1.82, 2.24) is 5.32 Å². The van der Waals surface area contributed by atoms with Gasteiger partial charge in [-0.25, -0.2) is 0 Å². The van der Waals surface area contributed by atoms with Crippen LogP contribution < -0.4 is 5.32 Å². The lowest BCUT2D eigenvalue weighted by Crippen LogP contribution is -2.32. The van der Waals surface area contributed by atoms with Crippen molar-refractivity contribution < 1.29 is 4.79 Å². The molecule has 0 spiro atoms. The molecule has 0 saturated carbocycles. The summed E-state index contributed by atoms with van der Waals surface area (Å²) in [7, 11) is 0. The van der Waals surface area contributed by atoms with E-state index in [1.807, 2.05) is 6.92 Å². The molecule has 0 fully saturated rings. The van der Waals surface area contributed by atoms with Gasteiger partial charge in [-0.1, -0.05) is 31.4 Å². The van der Waals surface area contributed by atoms with E-state index in [0.29, 0.717) is 10.6 Å². The SMILES string of the molecule is CCCCC(C)NC(=O)c1ccc(Br)c(Cl)c1. The van der Waals surface area contributed by atoms with Gasteiger partial charge in [0.2, 0.25) is 0 Å². The van der Waals surface area contributed by atoms with E-state index < -0.39 is 0 Å². The topological polar surface area (TPSA) is 29.1 Å². The Kier molecular flexibility index (Phi) is 6.00. The van der Waals surface area contributed by atoms with E-state index in [9.17, 15) is 4.79 Å². The van der Waals surface area contributed by atoms with Crippen molar-refractivity contribution in [3.8, 4) is 0 Å². The fraction of sp³-hybridized carbons (Fsp3) is 0.462. The van der Waals surface area contributed by atoms with Crippen LogP contribution in [-0.4, -0.2) is 11.9 Å². The molecule has 1 N–H and O–H groups in total. The van der Waals surface area contributed by atoms with E-state index in [4.69, 9.17) is 11.6 Å². The van der Waals surface area contributed by atoms with Crippen molar-refractivity contribution in [3.05, 3.63) is 33.3 Å². The molecule has 1 aromatic rings. The van der Waals surface area contributed by atoms with Gasteiger partial charge in [-0.15, -0.1) is 0 Å². The van der Waals surface area contributed by atoms with Crippen molar-refractivity contribution in [3.63, 3.8) is 0 Å². The third-order valence-corrected chi connectivity index (χ3v) is 3.78. The number of benzene rings is 1. The standard InChI is InChI=1S/C13H17BrClNO/c1-3-4-5-9(2)16-13(17)10-6-7-11(14)12(15)8-10/h6-9H,3-5H2,1-2H3,(H,16,17). The normalized spacial score (nSPS) is 12.2. The Morgan fingerprint density at radius 2 is 2.24 bits per heavy atom. The molecule has 1 rings (SSSR count). The Balaban J connectivity index is 2.60. The van der Waals surface area contributed by atoms with Crippen molar-refractivity contribution in [2.75, 3.05) is 0 Å². The highest BCUT2D eigenvalue weighted by Crippen LogP contribution is 2.23. The van der Waals surface area contributed by atoms with E-state index in [-0.39, 0.29) is 11.9 Å². The highest BCUT2D eigenvalue weighted by atomic mass is 79.9. The predicted octanol–water partition coefficient (Wildman–Crippen LogP) is 4.41. The van der Waals surface area contributed by atoms with Crippen molar-refractivity contribution in [2.24, 2.45) is 0 Å². The lowest BCUT2D eigenvalue weighted by molar-refractivity contribution is 0.0938. The van der Waals surface area contributed by atoms with E-state index >= 15 is 0 Å². The number of rotatable bonds is 5. The molecule has 17 heavy (non-hydrogen) atoms. The number of carbonyl (C=O) groups excluding carboxylic acids is 1. The summed E-state index contributed by atoms with van der Waals surface area (Å²) in [4.78, 5) is 11.9. The minimum Gasteiger partial charge on any atom is -0.350 e. The summed E-state index contributed by atoms with van der Waals surface area (Å²) >= 11 is 9.25. The van der Waals surface area contributed by atoms with Gasteiger partial charge in [-0.3, -0.25) is 4.79 Å². The summed E-state index contributed by atoms with van der Waals surface area (Å²) in [6.45, 7) is 4.16. The molecule has 0 saturated heterocycles. The minimum absolute atomic E-state index is 0.0667. The molecule has 0 bridgehead atoms. The van der Waals surface area contributed by atoms with Gasteiger partial charge in [0.15, 0.2) is 0 Å². The zero-order valence-corrected chi connectivity index (χ0v) is 12.4. The van der Waals surface area contributed by atoms with Crippen LogP contribution in [0.1, 0.15) is 43.5 Å². The first-order chi connectivity index (χ1) is 8.04. The summed E-state index contributed by atoms with van der Waals surface area (Å²) in [5.74, 6) is -0.0667. The molecule has 0 aliphatic carbocycles. The summed E-state index contributed by atoms with van der Waals surface area (Å²) < 4.78 is 0.801. The second kappa shape index (κ2) is 7.02. The molecule has 0 aliphatic heterocycles. The number of carbonyl (C=O) groups is 1. The van der Waals surface area contributed by atoms with E-state index in [0.717, 1.165) is 23.7 Å². The van der Waals surface area contributed by atoms with Crippen molar-refractivity contribution in [1.29, 1.82) is 0 Å². The average Bonchev–Trinajstić information content (AvgIpc) is 2.30. The molecule has 0 aromatic heterocycles. The second-order valence-electron chi connectivity index (χ2n) is 4.15. The first kappa shape index (κ1) is 14.5. The maximum absolute atomic E-state index is 11.9. The molecule has 0 aliphatic rings. The zero-order chi connectivity index (χ0) is 12.8. The number of hydrogen-bond acceptors (Lipinski definition) is 1. The van der Waals surface area contributed by atoms with Crippen molar-refractivity contribution >= 4 is 33.4 Å². The van der Waals surface area contributed by atoms with Crippen molar-refractivity contribution in [2.45, 2.75) is 39.2 Å². The van der Waals surface area contributed by atoms with Crippen LogP contribution in [0.25, 0.3) is 0 Å². The molecule has 1 atom stereocenters. The van der Waals surface area contributed by atoms with E-state index in [1.54, 1.807) is 18.2 Å². The van der Waals surface area contributed by atoms with Gasteiger partial charge in [0.05, 0.1) is 5.02 Å². The molecule has 4 heteroatoms. The van der Waals surface area contributed by atoms with Crippen LogP contribution in [0.5, 0.6) is 0 Å². The lowest BCUT2D eigenvalue weighted by Gasteiger charge is -2.13. The van der Waals surface area contributed by atoms with E-state index in [2.05, 4.69) is 28.2 Å². The Bertz CT molecular complexity index is 395. The van der Waals surface area contributed by atoms with Crippen LogP contribution >= 0.6 is 27.5 Å². The quantitative estimate of drug-likeness (QED) is 0.856. The van der Waals surface area contributed by atoms with Gasteiger partial charge in [-0.05, 0) is 47.5 Å². The zero-order valence-electron chi connectivity index (χ0n) is 10.1. The maximum atomic E-state index is 11.9. The molecular weight excluding hydrogens is 302 g/mol. The Morgan fingerprint density at radius 1 is 1.53 bits per heavy atom. The Hall–Kier alpha value is -0.540. The second-order valence-corrected chi connectivity index (χ2v) is 5.41. The van der Waals surface area contributed by atoms with Crippen LogP contribution in [-0.2, 0) is 0 Å². The fourth-order valence-electron chi connectivity index (χ4n) is 1.53. The monoisotopic (exact) mass is 317 g/mol. The van der Waals surface area contributed by atoms with Gasteiger partial charge in [-0.2, -0.15) is 0 Å². The summed E-state index contributed by atoms with van der Waals surface area (Å²) in [6, 6.07) is 5.42. The largest absolute Gasteiger partial charge is 0.350 e. The van der Waals surface area contributed by atoms with Crippen LogP contribution in [0.3, 0.4) is 0 Å². The highest BCUT2D eigenvalue weighted by Gasteiger charge is 2.10. The summed E-state index contributed by atoms with van der Waals surface area (Å²) in [6.07, 6.45) is 3.28. The molecule has 1 unspecified atom stereocenters. The van der Waals surface area contributed by atoms with Crippen LogP contribution in [0.2, 0.25) is 5.02 Å². The third kappa shape index (κ3) is 4.68. The van der Waals surface area contributed by atoms with Crippen LogP contribution in [0, 0.1) is 0 Å². The van der Waals surface area contributed by atoms with Gasteiger partial charge < -0.3 is 5.32 Å². The van der Waals surface area contributed by atoms with Crippen LogP contribution in [0.15, 0.2) is 22.7 Å². The summed E-state index contributed by atoms with van der Waals surface area (Å²) in [5.41, 5.74) is 0.599. The molecule has 2 nitrogen and oxygen atoms in total. The first-order valence-corrected chi connectivity index (χ1v) is 6.97. The average molecular weight is 319 g/mol. The van der Waals surface area contributed by atoms with Gasteiger partial charge in [0.25, 0.3) is 5.91 Å². The maximum Gasteiger partial charge on any atom is 0.251 e. The predicted molar refractivity (Wildman–Crippen MR) is 75.6 cm³/mol. The van der Waals surface area contributed by atoms with Crippen LogP contribution in [0.4, 0.5) is 0 Å². The third-order valence-electron chi connectivity index (χ3n) is 2.55. The first-order valence-electron chi connectivity index (χ1n) is 5.80. The molecule has 94 valence electrons. The minimum atomic E-state index is -0.0667. The van der Waals surface area contributed by atoms with Gasteiger partial charge in [0, 0.05) is 16.1 Å². The fourth-order valence-corrected chi connectivity index (χ4v) is 1.95. The molecule has 1 aromatic carbocycles. The number of hydrogen-bond donors (Lipinski definition) is 1. The Morgan fingerprint density at radius 3 is 2.82 bits per heavy atom. The summed E-state index contributed by atoms with van der Waals surface area (Å²) in [5, 5.41) is 3.52. The molecule has 0 heterocycles. The molecule has 0 radical (unpaired) electrons. The highest BCUT2D eigenvalue weighted by molar-refractivity contribution is 9.10. The number of halogens is 2. The Labute approximate surface area is 116 Å². The van der Waals surface area contributed by atoms with E-state index in [1.165, 1.54) is 0 Å². The number of amides is 1.